The molecule has 0 unspecified atom stereocenters. The summed E-state index contributed by atoms with van der Waals surface area (Å²) < 4.78 is 2.66. The Balaban J connectivity index is 2.20. The number of aromatic nitrogens is 2. The minimum absolute atomic E-state index is 0.271. The molecule has 2 aromatic heterocycles. The van der Waals surface area contributed by atoms with Crippen molar-refractivity contribution in [1.82, 2.24) is 9.55 Å². The number of aromatic carboxylic acids is 1. The van der Waals surface area contributed by atoms with Crippen LogP contribution < -0.4 is 0 Å². The van der Waals surface area contributed by atoms with Crippen LogP contribution in [0.2, 0.25) is 0 Å². The first-order valence-electron chi connectivity index (χ1n) is 5.74. The molecule has 0 fully saturated rings. The maximum atomic E-state index is 11.1. The molecule has 3 aromatic rings. The molecule has 5 heteroatoms. The van der Waals surface area contributed by atoms with Gasteiger partial charge in [0.1, 0.15) is 5.69 Å². The van der Waals surface area contributed by atoms with Crippen LogP contribution in [0.4, 0.5) is 0 Å². The Bertz CT molecular complexity index is 786. The number of aromatic amines is 1. The van der Waals surface area contributed by atoms with Gasteiger partial charge in [-0.3, -0.25) is 0 Å². The van der Waals surface area contributed by atoms with Crippen LogP contribution in [-0.2, 0) is 7.05 Å². The van der Waals surface area contributed by atoms with Crippen molar-refractivity contribution in [2.75, 3.05) is 0 Å². The molecule has 0 aliphatic carbocycles. The average molecular weight is 319 g/mol. The van der Waals surface area contributed by atoms with Crippen molar-refractivity contribution in [2.45, 2.75) is 0 Å². The van der Waals surface area contributed by atoms with E-state index >= 15 is 0 Å². The zero-order valence-corrected chi connectivity index (χ0v) is 11.7. The summed E-state index contributed by atoms with van der Waals surface area (Å²) in [6, 6.07) is 11.4. The van der Waals surface area contributed by atoms with E-state index in [-0.39, 0.29) is 5.69 Å². The van der Waals surface area contributed by atoms with E-state index in [1.807, 2.05) is 30.3 Å². The molecule has 2 N–H and O–H groups in total. The van der Waals surface area contributed by atoms with E-state index in [1.54, 1.807) is 17.7 Å². The van der Waals surface area contributed by atoms with Gasteiger partial charge in [-0.2, -0.15) is 0 Å². The van der Waals surface area contributed by atoms with E-state index in [9.17, 15) is 4.79 Å². The molecular weight excluding hydrogens is 308 g/mol. The number of para-hydroxylation sites is 1. The van der Waals surface area contributed by atoms with Gasteiger partial charge in [0.15, 0.2) is 0 Å². The molecule has 0 atom stereocenters. The molecule has 96 valence electrons. The topological polar surface area (TPSA) is 58.0 Å². The third-order valence-electron chi connectivity index (χ3n) is 3.22. The monoisotopic (exact) mass is 318 g/mol. The number of nitrogens with zero attached hydrogens (tertiary/aromatic N) is 1. The Morgan fingerprint density at radius 3 is 2.74 bits per heavy atom. The lowest BCUT2D eigenvalue weighted by Crippen LogP contribution is -2.05. The van der Waals surface area contributed by atoms with E-state index in [4.69, 9.17) is 5.11 Å². The van der Waals surface area contributed by atoms with E-state index in [2.05, 4.69) is 20.9 Å². The van der Waals surface area contributed by atoms with Crippen molar-refractivity contribution in [2.24, 2.45) is 7.05 Å². The Morgan fingerprint density at radius 1 is 1.32 bits per heavy atom. The Labute approximate surface area is 117 Å². The third-order valence-corrected chi connectivity index (χ3v) is 3.88. The lowest BCUT2D eigenvalue weighted by Gasteiger charge is -2.02. The fraction of sp³-hybridized carbons (Fsp3) is 0.0714. The summed E-state index contributed by atoms with van der Waals surface area (Å²) in [5.74, 6) is -0.925. The van der Waals surface area contributed by atoms with Gasteiger partial charge >= 0.3 is 5.97 Å². The van der Waals surface area contributed by atoms with Gasteiger partial charge in [-0.05, 0) is 40.2 Å². The highest BCUT2D eigenvalue weighted by Gasteiger charge is 2.14. The Kier molecular flexibility index (Phi) is 2.71. The van der Waals surface area contributed by atoms with Crippen molar-refractivity contribution < 1.29 is 9.90 Å². The second-order valence-electron chi connectivity index (χ2n) is 4.36. The minimum atomic E-state index is -0.925. The smallest absolute Gasteiger partial charge is 0.352 e. The third kappa shape index (κ3) is 1.86. The molecule has 0 aliphatic rings. The van der Waals surface area contributed by atoms with Crippen LogP contribution in [0, 0.1) is 0 Å². The van der Waals surface area contributed by atoms with Crippen molar-refractivity contribution >= 4 is 32.8 Å². The fourth-order valence-corrected chi connectivity index (χ4v) is 2.73. The lowest BCUT2D eigenvalue weighted by molar-refractivity contribution is 0.0687. The van der Waals surface area contributed by atoms with Crippen LogP contribution in [-0.4, -0.2) is 20.6 Å². The molecule has 0 aliphatic heterocycles. The van der Waals surface area contributed by atoms with Gasteiger partial charge in [-0.25, -0.2) is 4.79 Å². The summed E-state index contributed by atoms with van der Waals surface area (Å²) in [6.45, 7) is 0. The molecule has 3 rings (SSSR count). The lowest BCUT2D eigenvalue weighted by atomic mass is 10.2. The first kappa shape index (κ1) is 12.0. The molecule has 0 saturated heterocycles. The predicted molar refractivity (Wildman–Crippen MR) is 77.4 cm³/mol. The summed E-state index contributed by atoms with van der Waals surface area (Å²) in [7, 11) is 1.75. The number of halogens is 1. The number of benzene rings is 1. The van der Waals surface area contributed by atoms with E-state index in [0.717, 1.165) is 26.8 Å². The van der Waals surface area contributed by atoms with Crippen LogP contribution in [0.5, 0.6) is 0 Å². The van der Waals surface area contributed by atoms with Crippen LogP contribution in [0.25, 0.3) is 22.3 Å². The normalized spacial score (nSPS) is 11.1. The molecule has 0 radical (unpaired) electrons. The van der Waals surface area contributed by atoms with E-state index in [1.165, 1.54) is 0 Å². The molecule has 0 spiro atoms. The summed E-state index contributed by atoms with van der Waals surface area (Å²) in [6.07, 6.45) is 0. The van der Waals surface area contributed by atoms with E-state index < -0.39 is 5.97 Å². The van der Waals surface area contributed by atoms with Crippen LogP contribution in [0.3, 0.4) is 0 Å². The zero-order valence-electron chi connectivity index (χ0n) is 10.1. The largest absolute Gasteiger partial charge is 0.477 e. The number of hydrogen-bond acceptors (Lipinski definition) is 1. The highest BCUT2D eigenvalue weighted by Crippen LogP contribution is 2.29. The summed E-state index contributed by atoms with van der Waals surface area (Å²) in [5, 5.41) is 10.2. The molecule has 19 heavy (non-hydrogen) atoms. The number of carbonyl (C=O) groups is 1. The zero-order chi connectivity index (χ0) is 13.6. The maximum Gasteiger partial charge on any atom is 0.352 e. The number of H-pyrrole nitrogens is 1. The van der Waals surface area contributed by atoms with Crippen molar-refractivity contribution in [3.8, 4) is 11.4 Å². The number of nitrogens with one attached hydrogen (secondary N) is 1. The van der Waals surface area contributed by atoms with Crippen LogP contribution in [0.15, 0.2) is 40.9 Å². The van der Waals surface area contributed by atoms with Gasteiger partial charge < -0.3 is 14.7 Å². The van der Waals surface area contributed by atoms with Gasteiger partial charge in [0.25, 0.3) is 0 Å². The van der Waals surface area contributed by atoms with Gasteiger partial charge in [0.2, 0.25) is 0 Å². The minimum Gasteiger partial charge on any atom is -0.477 e. The molecule has 0 amide bonds. The average Bonchev–Trinajstić information content (AvgIpc) is 2.93. The highest BCUT2D eigenvalue weighted by atomic mass is 79.9. The van der Waals surface area contributed by atoms with Gasteiger partial charge in [0.05, 0.1) is 16.9 Å². The second kappa shape index (κ2) is 4.28. The number of hydrogen-bond donors (Lipinski definition) is 2. The Morgan fingerprint density at radius 2 is 2.11 bits per heavy atom. The van der Waals surface area contributed by atoms with Crippen molar-refractivity contribution in [1.29, 1.82) is 0 Å². The fourth-order valence-electron chi connectivity index (χ4n) is 2.25. The summed E-state index contributed by atoms with van der Waals surface area (Å²) >= 11 is 3.50. The number of fused-ring (bicyclic) bond motifs is 1. The number of rotatable bonds is 2. The summed E-state index contributed by atoms with van der Waals surface area (Å²) in [4.78, 5) is 14.4. The Hall–Kier alpha value is -2.01. The first-order valence-corrected chi connectivity index (χ1v) is 6.54. The van der Waals surface area contributed by atoms with Crippen molar-refractivity contribution in [3.05, 3.63) is 46.6 Å². The molecule has 4 nitrogen and oxygen atoms in total. The van der Waals surface area contributed by atoms with E-state index in [0.29, 0.717) is 0 Å². The summed E-state index contributed by atoms with van der Waals surface area (Å²) in [5.41, 5.74) is 3.03. The standard InChI is InChI=1S/C14H11BrN2O2/c1-17-11(5-6-12(17)14(18)19)10-7-8-3-2-4-9(15)13(8)16-10/h2-7,16H,1H3,(H,18,19). The molecule has 1 aromatic carbocycles. The van der Waals surface area contributed by atoms with Gasteiger partial charge in [-0.1, -0.05) is 12.1 Å². The SMILES string of the molecule is Cn1c(C(=O)O)ccc1-c1cc2cccc(Br)c2[nH]1. The number of carboxylic acid groups (broad SMARTS) is 1. The molecular formula is C14H11BrN2O2. The van der Waals surface area contributed by atoms with Gasteiger partial charge in [-0.15, -0.1) is 0 Å². The van der Waals surface area contributed by atoms with Crippen molar-refractivity contribution in [3.63, 3.8) is 0 Å². The first-order chi connectivity index (χ1) is 9.08. The predicted octanol–water partition coefficient (Wildman–Crippen LogP) is 3.63. The molecule has 0 saturated carbocycles. The highest BCUT2D eigenvalue weighted by molar-refractivity contribution is 9.10. The molecule has 0 bridgehead atoms. The second-order valence-corrected chi connectivity index (χ2v) is 5.21. The number of carboxylic acids is 1. The van der Waals surface area contributed by atoms with Crippen LogP contribution in [0.1, 0.15) is 10.5 Å². The van der Waals surface area contributed by atoms with Crippen LogP contribution >= 0.6 is 15.9 Å². The van der Waals surface area contributed by atoms with Gasteiger partial charge in [0, 0.05) is 16.9 Å². The molecule has 2 heterocycles. The quantitative estimate of drug-likeness (QED) is 0.758. The maximum absolute atomic E-state index is 11.1.